The van der Waals surface area contributed by atoms with E-state index in [1.807, 2.05) is 6.08 Å². The molecule has 0 bridgehead atoms. The quantitative estimate of drug-likeness (QED) is 0.843. The summed E-state index contributed by atoms with van der Waals surface area (Å²) in [5, 5.41) is 20.8. The molecule has 0 spiro atoms. The van der Waals surface area contributed by atoms with Gasteiger partial charge in [0.05, 0.1) is 10.7 Å². The molecule has 3 rings (SSSR count). The van der Waals surface area contributed by atoms with Gasteiger partial charge >= 0.3 is 0 Å². The molecular formula is C17H13ClFNO3. The SMILES string of the molecule is C#CCOc1cc(-n2c(O)c3c(c2O)CCC=C3)c(F)cc1Cl. The number of ether oxygens (including phenoxy) is 1. The molecule has 0 atom stereocenters. The predicted molar refractivity (Wildman–Crippen MR) is 85.7 cm³/mol. The molecule has 23 heavy (non-hydrogen) atoms. The zero-order valence-electron chi connectivity index (χ0n) is 12.0. The summed E-state index contributed by atoms with van der Waals surface area (Å²) in [6, 6.07) is 2.35. The highest BCUT2D eigenvalue weighted by Crippen LogP contribution is 2.42. The van der Waals surface area contributed by atoms with E-state index < -0.39 is 5.82 Å². The van der Waals surface area contributed by atoms with Crippen molar-refractivity contribution in [3.05, 3.63) is 40.2 Å². The van der Waals surface area contributed by atoms with Crippen molar-refractivity contribution in [1.29, 1.82) is 0 Å². The van der Waals surface area contributed by atoms with Crippen LogP contribution in [0.1, 0.15) is 17.5 Å². The van der Waals surface area contributed by atoms with Gasteiger partial charge in [0.25, 0.3) is 0 Å². The van der Waals surface area contributed by atoms with Gasteiger partial charge < -0.3 is 14.9 Å². The van der Waals surface area contributed by atoms with E-state index in [1.54, 1.807) is 6.08 Å². The van der Waals surface area contributed by atoms with Crippen molar-refractivity contribution in [3.63, 3.8) is 0 Å². The molecular weight excluding hydrogens is 321 g/mol. The number of aromatic nitrogens is 1. The van der Waals surface area contributed by atoms with Crippen LogP contribution in [0.5, 0.6) is 17.5 Å². The molecule has 1 heterocycles. The zero-order valence-corrected chi connectivity index (χ0v) is 12.8. The van der Waals surface area contributed by atoms with Crippen LogP contribution in [0.4, 0.5) is 4.39 Å². The Morgan fingerprint density at radius 3 is 2.83 bits per heavy atom. The first-order valence-electron chi connectivity index (χ1n) is 6.92. The van der Waals surface area contributed by atoms with Crippen LogP contribution >= 0.6 is 11.6 Å². The Bertz CT molecular complexity index is 849. The fraction of sp³-hybridized carbons (Fsp3) is 0.176. The Hall–Kier alpha value is -2.58. The van der Waals surface area contributed by atoms with Gasteiger partial charge in [-0.25, -0.2) is 8.96 Å². The Balaban J connectivity index is 2.18. The molecule has 0 aliphatic heterocycles. The lowest BCUT2D eigenvalue weighted by Gasteiger charge is -2.12. The van der Waals surface area contributed by atoms with Crippen LogP contribution in [-0.4, -0.2) is 21.4 Å². The van der Waals surface area contributed by atoms with Crippen molar-refractivity contribution in [2.75, 3.05) is 6.61 Å². The van der Waals surface area contributed by atoms with E-state index in [4.69, 9.17) is 22.8 Å². The van der Waals surface area contributed by atoms with Crippen LogP contribution in [-0.2, 0) is 6.42 Å². The molecule has 2 N–H and O–H groups in total. The lowest BCUT2D eigenvalue weighted by Crippen LogP contribution is -2.01. The van der Waals surface area contributed by atoms with Gasteiger partial charge in [0, 0.05) is 17.2 Å². The summed E-state index contributed by atoms with van der Waals surface area (Å²) >= 11 is 5.93. The van der Waals surface area contributed by atoms with E-state index in [1.165, 1.54) is 6.07 Å². The molecule has 1 aromatic heterocycles. The van der Waals surface area contributed by atoms with E-state index in [-0.39, 0.29) is 34.8 Å². The van der Waals surface area contributed by atoms with Crippen molar-refractivity contribution in [1.82, 2.24) is 4.57 Å². The van der Waals surface area contributed by atoms with Gasteiger partial charge in [-0.15, -0.1) is 6.42 Å². The predicted octanol–water partition coefficient (Wildman–Crippen LogP) is 3.65. The fourth-order valence-corrected chi connectivity index (χ4v) is 2.81. The molecule has 4 nitrogen and oxygen atoms in total. The topological polar surface area (TPSA) is 54.6 Å². The van der Waals surface area contributed by atoms with E-state index in [2.05, 4.69) is 5.92 Å². The average Bonchev–Trinajstić information content (AvgIpc) is 2.79. The summed E-state index contributed by atoms with van der Waals surface area (Å²) in [6.07, 6.45) is 10.0. The van der Waals surface area contributed by atoms with Crippen LogP contribution < -0.4 is 4.74 Å². The highest BCUT2D eigenvalue weighted by molar-refractivity contribution is 6.32. The number of halogens is 2. The van der Waals surface area contributed by atoms with Crippen molar-refractivity contribution in [2.24, 2.45) is 0 Å². The molecule has 0 fully saturated rings. The first-order valence-corrected chi connectivity index (χ1v) is 7.30. The van der Waals surface area contributed by atoms with Crippen molar-refractivity contribution < 1.29 is 19.3 Å². The van der Waals surface area contributed by atoms with Crippen molar-refractivity contribution in [3.8, 4) is 35.5 Å². The first-order chi connectivity index (χ1) is 11.0. The molecule has 1 aromatic carbocycles. The summed E-state index contributed by atoms with van der Waals surface area (Å²) in [5.41, 5.74) is 0.985. The second-order valence-electron chi connectivity index (χ2n) is 5.04. The van der Waals surface area contributed by atoms with Crippen molar-refractivity contribution >= 4 is 17.7 Å². The van der Waals surface area contributed by atoms with Gasteiger partial charge in [0.1, 0.15) is 18.2 Å². The van der Waals surface area contributed by atoms with Crippen LogP contribution in [0, 0.1) is 18.2 Å². The third kappa shape index (κ3) is 2.51. The molecule has 1 aliphatic carbocycles. The van der Waals surface area contributed by atoms with Gasteiger partial charge in [-0.3, -0.25) is 0 Å². The minimum atomic E-state index is -0.704. The molecule has 1 aliphatic rings. The van der Waals surface area contributed by atoms with E-state index in [0.29, 0.717) is 17.5 Å². The maximum Gasteiger partial charge on any atom is 0.206 e. The standard InChI is InChI=1S/C17H13ClFNO3/c1-2-7-23-15-9-14(13(19)8-12(15)18)20-16(21)10-5-3-4-6-11(10)17(20)22/h1,3,5,8-9,21-22H,4,6-7H2. The minimum absolute atomic E-state index is 0.0341. The van der Waals surface area contributed by atoms with Crippen LogP contribution in [0.25, 0.3) is 11.8 Å². The number of nitrogens with zero attached hydrogens (tertiary/aromatic N) is 1. The van der Waals surface area contributed by atoms with Crippen LogP contribution in [0.15, 0.2) is 18.2 Å². The highest BCUT2D eigenvalue weighted by atomic mass is 35.5. The molecule has 0 saturated carbocycles. The Kier molecular flexibility index (Phi) is 3.93. The second-order valence-corrected chi connectivity index (χ2v) is 5.45. The average molecular weight is 334 g/mol. The first kappa shape index (κ1) is 15.3. The van der Waals surface area contributed by atoms with Gasteiger partial charge in [-0.2, -0.15) is 0 Å². The maximum atomic E-state index is 14.3. The number of hydrogen-bond donors (Lipinski definition) is 2. The zero-order chi connectivity index (χ0) is 16.6. The lowest BCUT2D eigenvalue weighted by atomic mass is 10.0. The minimum Gasteiger partial charge on any atom is -0.494 e. The van der Waals surface area contributed by atoms with Crippen LogP contribution in [0.3, 0.4) is 0 Å². The Morgan fingerprint density at radius 1 is 1.35 bits per heavy atom. The third-order valence-electron chi connectivity index (χ3n) is 3.66. The van der Waals surface area contributed by atoms with E-state index in [9.17, 15) is 14.6 Å². The number of benzene rings is 1. The normalized spacial score (nSPS) is 12.7. The molecule has 118 valence electrons. The van der Waals surface area contributed by atoms with Crippen molar-refractivity contribution in [2.45, 2.75) is 12.8 Å². The molecule has 2 aromatic rings. The van der Waals surface area contributed by atoms with Gasteiger partial charge in [0.15, 0.2) is 0 Å². The monoisotopic (exact) mass is 333 g/mol. The Labute approximate surface area is 137 Å². The van der Waals surface area contributed by atoms with Gasteiger partial charge in [-0.1, -0.05) is 29.7 Å². The summed E-state index contributed by atoms with van der Waals surface area (Å²) in [6.45, 7) is -0.0341. The molecule has 0 saturated heterocycles. The Morgan fingerprint density at radius 2 is 2.13 bits per heavy atom. The highest BCUT2D eigenvalue weighted by Gasteiger charge is 2.25. The summed E-state index contributed by atoms with van der Waals surface area (Å²) < 4.78 is 20.6. The number of aromatic hydroxyl groups is 2. The number of terminal acetylenes is 1. The van der Waals surface area contributed by atoms with E-state index in [0.717, 1.165) is 17.1 Å². The second kappa shape index (κ2) is 5.90. The fourth-order valence-electron chi connectivity index (χ4n) is 2.61. The number of rotatable bonds is 3. The number of allylic oxidation sites excluding steroid dienone is 1. The molecule has 0 unspecified atom stereocenters. The summed E-state index contributed by atoms with van der Waals surface area (Å²) in [5.74, 6) is 1.31. The number of fused-ring (bicyclic) bond motifs is 1. The summed E-state index contributed by atoms with van der Waals surface area (Å²) in [7, 11) is 0. The molecule has 0 radical (unpaired) electrons. The lowest BCUT2D eigenvalue weighted by molar-refractivity contribution is 0.368. The van der Waals surface area contributed by atoms with Gasteiger partial charge in [0.2, 0.25) is 11.8 Å². The number of hydrogen-bond acceptors (Lipinski definition) is 3. The smallest absolute Gasteiger partial charge is 0.206 e. The van der Waals surface area contributed by atoms with Crippen LogP contribution in [0.2, 0.25) is 5.02 Å². The molecule has 0 amide bonds. The maximum absolute atomic E-state index is 14.3. The summed E-state index contributed by atoms with van der Waals surface area (Å²) in [4.78, 5) is 0. The van der Waals surface area contributed by atoms with Gasteiger partial charge in [-0.05, 0) is 18.9 Å². The molecule has 6 heteroatoms. The van der Waals surface area contributed by atoms with E-state index >= 15 is 0 Å². The largest absolute Gasteiger partial charge is 0.494 e. The third-order valence-corrected chi connectivity index (χ3v) is 3.95.